The van der Waals surface area contributed by atoms with Crippen LogP contribution in [0.4, 0.5) is 0 Å². The van der Waals surface area contributed by atoms with Crippen molar-refractivity contribution in [2.75, 3.05) is 6.54 Å². The van der Waals surface area contributed by atoms with Crippen LogP contribution in [0.5, 0.6) is 0 Å². The molecule has 4 nitrogen and oxygen atoms in total. The Morgan fingerprint density at radius 1 is 1.35 bits per heavy atom. The molecule has 1 aromatic carbocycles. The molecule has 1 aromatic heterocycles. The Bertz CT molecular complexity index is 608. The maximum atomic E-state index is 6.11. The van der Waals surface area contributed by atoms with Gasteiger partial charge in [-0.3, -0.25) is 4.90 Å². The molecule has 0 aliphatic carbocycles. The molecule has 0 amide bonds. The summed E-state index contributed by atoms with van der Waals surface area (Å²) in [5.41, 5.74) is 1.30. The Morgan fingerprint density at radius 2 is 2.20 bits per heavy atom. The Morgan fingerprint density at radius 3 is 2.90 bits per heavy atom. The third kappa shape index (κ3) is 2.58. The SMILES string of the molecule is Cc1nnc(CN2CCC[C@@H]2c2cccc(Cl)c2)n1C. The predicted octanol–water partition coefficient (Wildman–Crippen LogP) is 3.11. The van der Waals surface area contributed by atoms with Crippen LogP contribution in [0, 0.1) is 6.92 Å². The number of aromatic nitrogens is 3. The normalized spacial score (nSPS) is 19.6. The predicted molar refractivity (Wildman–Crippen MR) is 79.6 cm³/mol. The van der Waals surface area contributed by atoms with Crippen LogP contribution >= 0.6 is 11.6 Å². The van der Waals surface area contributed by atoms with Gasteiger partial charge in [-0.15, -0.1) is 10.2 Å². The zero-order valence-corrected chi connectivity index (χ0v) is 12.6. The average molecular weight is 291 g/mol. The molecule has 2 heterocycles. The highest BCUT2D eigenvalue weighted by Crippen LogP contribution is 2.33. The molecule has 0 radical (unpaired) electrons. The van der Waals surface area contributed by atoms with E-state index in [0.717, 1.165) is 29.8 Å². The van der Waals surface area contributed by atoms with Gasteiger partial charge >= 0.3 is 0 Å². The fourth-order valence-corrected chi connectivity index (χ4v) is 3.08. The van der Waals surface area contributed by atoms with Gasteiger partial charge in [0, 0.05) is 18.1 Å². The summed E-state index contributed by atoms with van der Waals surface area (Å²) in [6.07, 6.45) is 2.39. The Kier molecular flexibility index (Phi) is 3.76. The van der Waals surface area contributed by atoms with Gasteiger partial charge in [-0.2, -0.15) is 0 Å². The van der Waals surface area contributed by atoms with E-state index in [1.54, 1.807) is 0 Å². The minimum Gasteiger partial charge on any atom is -0.317 e. The highest BCUT2D eigenvalue weighted by molar-refractivity contribution is 6.30. The Balaban J connectivity index is 1.81. The van der Waals surface area contributed by atoms with Crippen molar-refractivity contribution in [2.24, 2.45) is 7.05 Å². The molecule has 3 rings (SSSR count). The van der Waals surface area contributed by atoms with E-state index in [9.17, 15) is 0 Å². The van der Waals surface area contributed by atoms with Gasteiger partial charge < -0.3 is 4.57 Å². The summed E-state index contributed by atoms with van der Waals surface area (Å²) in [5.74, 6) is 1.98. The first kappa shape index (κ1) is 13.6. The molecule has 1 saturated heterocycles. The van der Waals surface area contributed by atoms with Crippen LogP contribution in [0.2, 0.25) is 5.02 Å². The number of hydrogen-bond donors (Lipinski definition) is 0. The molecular formula is C15H19ClN4. The van der Waals surface area contributed by atoms with Crippen molar-refractivity contribution in [1.82, 2.24) is 19.7 Å². The Hall–Kier alpha value is -1.39. The van der Waals surface area contributed by atoms with Gasteiger partial charge in [0.05, 0.1) is 6.54 Å². The van der Waals surface area contributed by atoms with E-state index in [0.29, 0.717) is 6.04 Å². The maximum Gasteiger partial charge on any atom is 0.146 e. The molecule has 20 heavy (non-hydrogen) atoms. The van der Waals surface area contributed by atoms with Gasteiger partial charge in [-0.25, -0.2) is 0 Å². The van der Waals surface area contributed by atoms with E-state index in [1.807, 2.05) is 26.1 Å². The molecule has 0 unspecified atom stereocenters. The van der Waals surface area contributed by atoms with Gasteiger partial charge in [-0.1, -0.05) is 23.7 Å². The molecule has 1 aliphatic heterocycles. The third-order valence-electron chi connectivity index (χ3n) is 4.12. The van der Waals surface area contributed by atoms with E-state index in [-0.39, 0.29) is 0 Å². The standard InChI is InChI=1S/C15H19ClN4/c1-11-17-18-15(19(11)2)10-20-8-4-7-14(20)12-5-3-6-13(16)9-12/h3,5-6,9,14H,4,7-8,10H2,1-2H3/t14-/m1/s1. The quantitative estimate of drug-likeness (QED) is 0.871. The topological polar surface area (TPSA) is 34.0 Å². The number of halogens is 1. The van der Waals surface area contributed by atoms with Crippen LogP contribution in [0.25, 0.3) is 0 Å². The van der Waals surface area contributed by atoms with Crippen LogP contribution in [0.1, 0.15) is 36.1 Å². The van der Waals surface area contributed by atoms with E-state index in [1.165, 1.54) is 18.4 Å². The minimum absolute atomic E-state index is 0.436. The van der Waals surface area contributed by atoms with Crippen LogP contribution in [0.3, 0.4) is 0 Å². The second kappa shape index (κ2) is 5.54. The largest absolute Gasteiger partial charge is 0.317 e. The lowest BCUT2D eigenvalue weighted by Crippen LogP contribution is -2.24. The monoisotopic (exact) mass is 290 g/mol. The van der Waals surface area contributed by atoms with Crippen LogP contribution in [-0.2, 0) is 13.6 Å². The lowest BCUT2D eigenvalue weighted by Gasteiger charge is -2.24. The number of nitrogens with zero attached hydrogens (tertiary/aromatic N) is 4. The van der Waals surface area contributed by atoms with Crippen molar-refractivity contribution < 1.29 is 0 Å². The first-order chi connectivity index (χ1) is 9.65. The molecule has 0 N–H and O–H groups in total. The molecule has 5 heteroatoms. The molecule has 0 spiro atoms. The average Bonchev–Trinajstić information content (AvgIpc) is 3.01. The van der Waals surface area contributed by atoms with Gasteiger partial charge in [0.25, 0.3) is 0 Å². The van der Waals surface area contributed by atoms with Crippen molar-refractivity contribution in [3.8, 4) is 0 Å². The van der Waals surface area contributed by atoms with E-state index < -0.39 is 0 Å². The molecule has 1 fully saturated rings. The fraction of sp³-hybridized carbons (Fsp3) is 0.467. The van der Waals surface area contributed by atoms with Crippen LogP contribution < -0.4 is 0 Å². The lowest BCUT2D eigenvalue weighted by molar-refractivity contribution is 0.239. The second-order valence-corrected chi connectivity index (χ2v) is 5.84. The van der Waals surface area contributed by atoms with Gasteiger partial charge in [0.1, 0.15) is 11.6 Å². The van der Waals surface area contributed by atoms with Gasteiger partial charge in [0.15, 0.2) is 0 Å². The zero-order chi connectivity index (χ0) is 14.1. The van der Waals surface area contributed by atoms with Crippen molar-refractivity contribution in [2.45, 2.75) is 32.4 Å². The number of hydrogen-bond acceptors (Lipinski definition) is 3. The van der Waals surface area contributed by atoms with Crippen LogP contribution in [-0.4, -0.2) is 26.2 Å². The summed E-state index contributed by atoms with van der Waals surface area (Å²) in [7, 11) is 2.02. The molecule has 1 aliphatic rings. The number of benzene rings is 1. The molecule has 0 saturated carbocycles. The highest BCUT2D eigenvalue weighted by atomic mass is 35.5. The minimum atomic E-state index is 0.436. The van der Waals surface area contributed by atoms with Crippen molar-refractivity contribution in [1.29, 1.82) is 0 Å². The lowest BCUT2D eigenvalue weighted by atomic mass is 10.0. The van der Waals surface area contributed by atoms with Crippen LogP contribution in [0.15, 0.2) is 24.3 Å². The van der Waals surface area contributed by atoms with Crippen molar-refractivity contribution in [3.63, 3.8) is 0 Å². The molecular weight excluding hydrogens is 272 g/mol. The molecule has 106 valence electrons. The first-order valence-electron chi connectivity index (χ1n) is 6.99. The van der Waals surface area contributed by atoms with E-state index >= 15 is 0 Å². The summed E-state index contributed by atoms with van der Waals surface area (Å²) in [4.78, 5) is 2.47. The molecule has 0 bridgehead atoms. The number of likely N-dealkylation sites (tertiary alicyclic amines) is 1. The Labute approximate surface area is 124 Å². The third-order valence-corrected chi connectivity index (χ3v) is 4.36. The van der Waals surface area contributed by atoms with Gasteiger partial charge in [-0.05, 0) is 44.0 Å². The summed E-state index contributed by atoms with van der Waals surface area (Å²) in [6, 6.07) is 8.63. The van der Waals surface area contributed by atoms with Gasteiger partial charge in [0.2, 0.25) is 0 Å². The summed E-state index contributed by atoms with van der Waals surface area (Å²) >= 11 is 6.11. The zero-order valence-electron chi connectivity index (χ0n) is 11.9. The fourth-order valence-electron chi connectivity index (χ4n) is 2.88. The van der Waals surface area contributed by atoms with E-state index in [4.69, 9.17) is 11.6 Å². The molecule has 2 aromatic rings. The summed E-state index contributed by atoms with van der Waals surface area (Å²) in [6.45, 7) is 3.92. The summed E-state index contributed by atoms with van der Waals surface area (Å²) in [5, 5.41) is 9.21. The second-order valence-electron chi connectivity index (χ2n) is 5.41. The van der Waals surface area contributed by atoms with Crippen molar-refractivity contribution >= 4 is 11.6 Å². The smallest absolute Gasteiger partial charge is 0.146 e. The highest BCUT2D eigenvalue weighted by Gasteiger charge is 2.27. The summed E-state index contributed by atoms with van der Waals surface area (Å²) < 4.78 is 2.06. The number of rotatable bonds is 3. The molecule has 1 atom stereocenters. The number of aryl methyl sites for hydroxylation is 1. The maximum absolute atomic E-state index is 6.11. The van der Waals surface area contributed by atoms with Crippen molar-refractivity contribution in [3.05, 3.63) is 46.5 Å². The first-order valence-corrected chi connectivity index (χ1v) is 7.37. The van der Waals surface area contributed by atoms with E-state index in [2.05, 4.69) is 31.8 Å².